The summed E-state index contributed by atoms with van der Waals surface area (Å²) in [6, 6.07) is 1.58. The van der Waals surface area contributed by atoms with E-state index in [2.05, 4.69) is 10.4 Å². The Bertz CT molecular complexity index is 577. The third-order valence-corrected chi connectivity index (χ3v) is 3.50. The zero-order valence-corrected chi connectivity index (χ0v) is 13.3. The molecule has 1 aromatic heterocycles. The molecule has 0 unspecified atom stereocenters. The summed E-state index contributed by atoms with van der Waals surface area (Å²) in [5, 5.41) is 6.52. The Labute approximate surface area is 134 Å². The molecule has 2 rings (SSSR count). The van der Waals surface area contributed by atoms with Gasteiger partial charge in [0.25, 0.3) is 5.91 Å². The van der Waals surface area contributed by atoms with Gasteiger partial charge in [0.2, 0.25) is 5.91 Å². The fourth-order valence-corrected chi connectivity index (χ4v) is 2.25. The lowest BCUT2D eigenvalue weighted by molar-refractivity contribution is -0.131. The molecule has 126 valence electrons. The van der Waals surface area contributed by atoms with Gasteiger partial charge in [0.1, 0.15) is 5.69 Å². The number of hydrogen-bond donors (Lipinski definition) is 1. The number of ether oxygens (including phenoxy) is 1. The number of amides is 3. The average Bonchev–Trinajstić information content (AvgIpc) is 2.99. The van der Waals surface area contributed by atoms with Crippen molar-refractivity contribution in [2.24, 2.45) is 7.05 Å². The fraction of sp³-hybridized carbons (Fsp3) is 0.571. The van der Waals surface area contributed by atoms with E-state index in [-0.39, 0.29) is 30.1 Å². The SMILES string of the molecule is CCOC(=O)N1CCN(C(=O)CNC(=O)c2ccn(C)n2)CC1. The maximum Gasteiger partial charge on any atom is 0.409 e. The second kappa shape index (κ2) is 7.61. The lowest BCUT2D eigenvalue weighted by Gasteiger charge is -2.34. The fourth-order valence-electron chi connectivity index (χ4n) is 2.25. The van der Waals surface area contributed by atoms with E-state index < -0.39 is 0 Å². The smallest absolute Gasteiger partial charge is 0.409 e. The molecule has 0 aliphatic carbocycles. The van der Waals surface area contributed by atoms with Crippen molar-refractivity contribution in [2.45, 2.75) is 6.92 Å². The number of nitrogens with zero attached hydrogens (tertiary/aromatic N) is 4. The van der Waals surface area contributed by atoms with Crippen LogP contribution < -0.4 is 5.32 Å². The summed E-state index contributed by atoms with van der Waals surface area (Å²) in [7, 11) is 1.71. The van der Waals surface area contributed by atoms with E-state index in [0.29, 0.717) is 32.8 Å². The van der Waals surface area contributed by atoms with Crippen LogP contribution in [0.3, 0.4) is 0 Å². The molecule has 1 aliphatic heterocycles. The first-order chi connectivity index (χ1) is 11.0. The van der Waals surface area contributed by atoms with E-state index in [9.17, 15) is 14.4 Å². The molecule has 0 aromatic carbocycles. The zero-order chi connectivity index (χ0) is 16.8. The van der Waals surface area contributed by atoms with Gasteiger partial charge in [-0.15, -0.1) is 0 Å². The summed E-state index contributed by atoms with van der Waals surface area (Å²) in [5.74, 6) is -0.568. The number of aryl methyl sites for hydroxylation is 1. The molecule has 1 fully saturated rings. The maximum absolute atomic E-state index is 12.1. The number of piperazine rings is 1. The minimum Gasteiger partial charge on any atom is -0.450 e. The van der Waals surface area contributed by atoms with Crippen LogP contribution in [0.4, 0.5) is 4.79 Å². The molecule has 23 heavy (non-hydrogen) atoms. The van der Waals surface area contributed by atoms with Gasteiger partial charge in [0, 0.05) is 39.4 Å². The second-order valence-corrected chi connectivity index (χ2v) is 5.12. The van der Waals surface area contributed by atoms with E-state index >= 15 is 0 Å². The maximum atomic E-state index is 12.1. The highest BCUT2D eigenvalue weighted by Crippen LogP contribution is 2.04. The van der Waals surface area contributed by atoms with Crippen molar-refractivity contribution in [3.8, 4) is 0 Å². The predicted octanol–water partition coefficient (Wildman–Crippen LogP) is -0.549. The highest BCUT2D eigenvalue weighted by atomic mass is 16.6. The standard InChI is InChI=1S/C14H21N5O4/c1-3-23-14(22)19-8-6-18(7-9-19)12(20)10-15-13(21)11-4-5-17(2)16-11/h4-5H,3,6-10H2,1-2H3,(H,15,21). The van der Waals surface area contributed by atoms with E-state index in [4.69, 9.17) is 4.74 Å². The van der Waals surface area contributed by atoms with E-state index in [0.717, 1.165) is 0 Å². The number of nitrogens with one attached hydrogen (secondary N) is 1. The Morgan fingerprint density at radius 3 is 2.43 bits per heavy atom. The van der Waals surface area contributed by atoms with Gasteiger partial charge in [0.15, 0.2) is 0 Å². The lowest BCUT2D eigenvalue weighted by Crippen LogP contribution is -2.52. The molecule has 9 heteroatoms. The Kier molecular flexibility index (Phi) is 5.56. The van der Waals surface area contributed by atoms with Crippen LogP contribution in [0.2, 0.25) is 0 Å². The van der Waals surface area contributed by atoms with Gasteiger partial charge in [-0.25, -0.2) is 4.79 Å². The Morgan fingerprint density at radius 2 is 1.87 bits per heavy atom. The molecule has 0 spiro atoms. The lowest BCUT2D eigenvalue weighted by atomic mass is 10.3. The molecule has 0 bridgehead atoms. The topological polar surface area (TPSA) is 96.8 Å². The van der Waals surface area contributed by atoms with Gasteiger partial charge >= 0.3 is 6.09 Å². The van der Waals surface area contributed by atoms with E-state index in [1.165, 1.54) is 4.68 Å². The summed E-state index contributed by atoms with van der Waals surface area (Å²) in [5.41, 5.74) is 0.271. The Balaban J connectivity index is 1.75. The van der Waals surface area contributed by atoms with Crippen LogP contribution in [-0.2, 0) is 16.6 Å². The minimum absolute atomic E-state index is 0.0885. The average molecular weight is 323 g/mol. The monoisotopic (exact) mass is 323 g/mol. The van der Waals surface area contributed by atoms with E-state index in [1.54, 1.807) is 36.0 Å². The van der Waals surface area contributed by atoms with E-state index in [1.807, 2.05) is 0 Å². The molecule has 1 N–H and O–H groups in total. The summed E-state index contributed by atoms with van der Waals surface area (Å²) in [6.45, 7) is 3.71. The van der Waals surface area contributed by atoms with Crippen LogP contribution in [0.5, 0.6) is 0 Å². The van der Waals surface area contributed by atoms with Gasteiger partial charge in [-0.3, -0.25) is 14.3 Å². The minimum atomic E-state index is -0.385. The van der Waals surface area contributed by atoms with Crippen molar-refractivity contribution in [3.63, 3.8) is 0 Å². The molecule has 3 amide bonds. The quantitative estimate of drug-likeness (QED) is 0.802. The molecule has 0 atom stereocenters. The van der Waals surface area contributed by atoms with Crippen molar-refractivity contribution in [1.29, 1.82) is 0 Å². The first-order valence-electron chi connectivity index (χ1n) is 7.48. The van der Waals surface area contributed by atoms with Crippen LogP contribution in [0, 0.1) is 0 Å². The highest BCUT2D eigenvalue weighted by Gasteiger charge is 2.25. The van der Waals surface area contributed by atoms with Crippen molar-refractivity contribution >= 4 is 17.9 Å². The van der Waals surface area contributed by atoms with Crippen molar-refractivity contribution in [1.82, 2.24) is 24.9 Å². The zero-order valence-electron chi connectivity index (χ0n) is 13.3. The molecule has 1 saturated heterocycles. The highest BCUT2D eigenvalue weighted by molar-refractivity contribution is 5.94. The molecule has 9 nitrogen and oxygen atoms in total. The number of rotatable bonds is 4. The van der Waals surface area contributed by atoms with Gasteiger partial charge in [0.05, 0.1) is 13.2 Å². The molecule has 0 saturated carbocycles. The predicted molar refractivity (Wildman–Crippen MR) is 80.7 cm³/mol. The van der Waals surface area contributed by atoms with Crippen molar-refractivity contribution in [3.05, 3.63) is 18.0 Å². The molecule has 0 radical (unpaired) electrons. The largest absolute Gasteiger partial charge is 0.450 e. The summed E-state index contributed by atoms with van der Waals surface area (Å²) in [6.07, 6.45) is 1.30. The van der Waals surface area contributed by atoms with Crippen LogP contribution in [0.15, 0.2) is 12.3 Å². The van der Waals surface area contributed by atoms with Crippen molar-refractivity contribution < 1.29 is 19.1 Å². The van der Waals surface area contributed by atoms with Crippen LogP contribution in [0.25, 0.3) is 0 Å². The number of aromatic nitrogens is 2. The summed E-state index contributed by atoms with van der Waals surface area (Å²) < 4.78 is 6.44. The first-order valence-corrected chi connectivity index (χ1v) is 7.48. The van der Waals surface area contributed by atoms with Gasteiger partial charge in [-0.2, -0.15) is 5.10 Å². The first kappa shape index (κ1) is 16.8. The normalized spacial score (nSPS) is 14.5. The molecule has 1 aromatic rings. The molecule has 2 heterocycles. The number of carbonyl (C=O) groups is 3. The molecule has 1 aliphatic rings. The Hall–Kier alpha value is -2.58. The number of hydrogen-bond acceptors (Lipinski definition) is 5. The van der Waals surface area contributed by atoms with Crippen LogP contribution in [0.1, 0.15) is 17.4 Å². The third kappa shape index (κ3) is 4.44. The van der Waals surface area contributed by atoms with Gasteiger partial charge in [-0.05, 0) is 13.0 Å². The molecular weight excluding hydrogens is 302 g/mol. The van der Waals surface area contributed by atoms with Gasteiger partial charge < -0.3 is 19.9 Å². The van der Waals surface area contributed by atoms with Crippen molar-refractivity contribution in [2.75, 3.05) is 39.3 Å². The van der Waals surface area contributed by atoms with Gasteiger partial charge in [-0.1, -0.05) is 0 Å². The summed E-state index contributed by atoms with van der Waals surface area (Å²) >= 11 is 0. The second-order valence-electron chi connectivity index (χ2n) is 5.12. The molecular formula is C14H21N5O4. The number of carbonyl (C=O) groups excluding carboxylic acids is 3. The van der Waals surface area contributed by atoms with Crippen LogP contribution >= 0.6 is 0 Å². The summed E-state index contributed by atoms with van der Waals surface area (Å²) in [4.78, 5) is 38.7. The Morgan fingerprint density at radius 1 is 1.22 bits per heavy atom. The third-order valence-electron chi connectivity index (χ3n) is 3.50. The van der Waals surface area contributed by atoms with Crippen LogP contribution in [-0.4, -0.2) is 76.8 Å².